The summed E-state index contributed by atoms with van der Waals surface area (Å²) in [7, 11) is 2.06. The molecule has 0 atom stereocenters. The maximum absolute atomic E-state index is 6.23. The standard InChI is InChI=1S/C22H18ClN3/c1-25-21-16-17(23)12-13-20(21)26(19-10-6-3-7-11-19)22(25)14-15-24-18-8-4-2-5-9-18/h2-16H,1H3/p+1. The molecular weight excluding hydrogens is 342 g/mol. The highest BCUT2D eigenvalue weighted by molar-refractivity contribution is 6.31. The molecule has 0 aliphatic heterocycles. The van der Waals surface area contributed by atoms with Crippen LogP contribution >= 0.6 is 11.6 Å². The third-order valence-electron chi connectivity index (χ3n) is 4.38. The van der Waals surface area contributed by atoms with Crippen LogP contribution in [0.5, 0.6) is 0 Å². The van der Waals surface area contributed by atoms with Crippen LogP contribution in [0.4, 0.5) is 5.69 Å². The van der Waals surface area contributed by atoms with Crippen LogP contribution < -0.4 is 9.88 Å². The minimum atomic E-state index is 0.733. The predicted molar refractivity (Wildman–Crippen MR) is 109 cm³/mol. The fourth-order valence-corrected chi connectivity index (χ4v) is 3.30. The Kier molecular flexibility index (Phi) is 4.46. The third-order valence-corrected chi connectivity index (χ3v) is 4.62. The summed E-state index contributed by atoms with van der Waals surface area (Å²) in [6.45, 7) is 0. The first kappa shape index (κ1) is 16.4. The van der Waals surface area contributed by atoms with Crippen LogP contribution in [0.25, 0.3) is 22.8 Å². The van der Waals surface area contributed by atoms with Crippen molar-refractivity contribution in [2.24, 2.45) is 7.05 Å². The molecule has 0 unspecified atom stereocenters. The Morgan fingerprint density at radius 3 is 2.35 bits per heavy atom. The number of halogens is 1. The quantitative estimate of drug-likeness (QED) is 0.497. The topological polar surface area (TPSA) is 20.8 Å². The lowest BCUT2D eigenvalue weighted by Crippen LogP contribution is -2.31. The number of nitrogens with one attached hydrogen (secondary N) is 1. The number of para-hydroxylation sites is 2. The molecule has 1 aromatic heterocycles. The molecule has 4 heteroatoms. The Morgan fingerprint density at radius 2 is 1.62 bits per heavy atom. The average Bonchev–Trinajstić information content (AvgIpc) is 2.95. The van der Waals surface area contributed by atoms with Crippen LogP contribution in [0.2, 0.25) is 5.02 Å². The summed E-state index contributed by atoms with van der Waals surface area (Å²) in [6.07, 6.45) is 4.04. The molecule has 128 valence electrons. The molecule has 4 rings (SSSR count). The van der Waals surface area contributed by atoms with Gasteiger partial charge in [-0.25, -0.2) is 4.57 Å². The second kappa shape index (κ2) is 7.06. The number of nitrogens with zero attached hydrogens (tertiary/aromatic N) is 2. The zero-order chi connectivity index (χ0) is 17.9. The molecule has 1 N–H and O–H groups in total. The molecule has 3 nitrogen and oxygen atoms in total. The summed E-state index contributed by atoms with van der Waals surface area (Å²) in [6, 6.07) is 26.4. The fourth-order valence-electron chi connectivity index (χ4n) is 3.13. The van der Waals surface area contributed by atoms with E-state index in [-0.39, 0.29) is 0 Å². The first-order valence-corrected chi connectivity index (χ1v) is 8.85. The van der Waals surface area contributed by atoms with Crippen molar-refractivity contribution in [2.75, 3.05) is 5.32 Å². The summed E-state index contributed by atoms with van der Waals surface area (Å²) in [4.78, 5) is 0. The monoisotopic (exact) mass is 360 g/mol. The number of imidazole rings is 1. The molecule has 0 radical (unpaired) electrons. The molecular formula is C22H19ClN3+. The zero-order valence-electron chi connectivity index (χ0n) is 14.4. The largest absolute Gasteiger partial charge is 0.361 e. The molecule has 0 saturated carbocycles. The minimum Gasteiger partial charge on any atom is -0.361 e. The van der Waals surface area contributed by atoms with E-state index in [1.54, 1.807) is 0 Å². The van der Waals surface area contributed by atoms with Gasteiger partial charge in [-0.1, -0.05) is 48.0 Å². The number of hydrogen-bond acceptors (Lipinski definition) is 1. The van der Waals surface area contributed by atoms with E-state index in [4.69, 9.17) is 11.6 Å². The van der Waals surface area contributed by atoms with Crippen LogP contribution in [0, 0.1) is 0 Å². The highest BCUT2D eigenvalue weighted by Gasteiger charge is 2.22. The smallest absolute Gasteiger partial charge is 0.288 e. The van der Waals surface area contributed by atoms with Crippen LogP contribution in [-0.4, -0.2) is 4.57 Å². The van der Waals surface area contributed by atoms with E-state index < -0.39 is 0 Å². The van der Waals surface area contributed by atoms with E-state index in [1.165, 1.54) is 0 Å². The van der Waals surface area contributed by atoms with Crippen molar-refractivity contribution in [1.29, 1.82) is 0 Å². The first-order chi connectivity index (χ1) is 12.7. The van der Waals surface area contributed by atoms with Crippen molar-refractivity contribution < 1.29 is 4.57 Å². The van der Waals surface area contributed by atoms with E-state index >= 15 is 0 Å². The van der Waals surface area contributed by atoms with Crippen molar-refractivity contribution in [3.8, 4) is 5.69 Å². The lowest BCUT2D eigenvalue weighted by Gasteiger charge is -2.01. The summed E-state index contributed by atoms with van der Waals surface area (Å²) >= 11 is 6.23. The van der Waals surface area contributed by atoms with Gasteiger partial charge in [-0.2, -0.15) is 4.57 Å². The van der Waals surface area contributed by atoms with Crippen LogP contribution in [0.15, 0.2) is 85.1 Å². The molecule has 0 saturated heterocycles. The van der Waals surface area contributed by atoms with Gasteiger partial charge in [0.2, 0.25) is 0 Å². The molecule has 0 spiro atoms. The predicted octanol–water partition coefficient (Wildman–Crippen LogP) is 5.19. The Balaban J connectivity index is 1.83. The summed E-state index contributed by atoms with van der Waals surface area (Å²) in [5.41, 5.74) is 4.36. The third kappa shape index (κ3) is 3.09. The van der Waals surface area contributed by atoms with Gasteiger partial charge in [-0.05, 0) is 36.4 Å². The maximum Gasteiger partial charge on any atom is 0.288 e. The summed E-state index contributed by atoms with van der Waals surface area (Å²) in [5.74, 6) is 1.05. The zero-order valence-corrected chi connectivity index (χ0v) is 15.2. The Hall–Kier alpha value is -3.04. The first-order valence-electron chi connectivity index (χ1n) is 8.47. The van der Waals surface area contributed by atoms with Crippen molar-refractivity contribution in [3.05, 3.63) is 95.9 Å². The van der Waals surface area contributed by atoms with E-state index in [0.29, 0.717) is 0 Å². The second-order valence-electron chi connectivity index (χ2n) is 6.06. The minimum absolute atomic E-state index is 0.733. The second-order valence-corrected chi connectivity index (χ2v) is 6.50. The molecule has 0 aliphatic carbocycles. The van der Waals surface area contributed by atoms with E-state index in [1.807, 2.05) is 66.9 Å². The van der Waals surface area contributed by atoms with Gasteiger partial charge in [0.05, 0.1) is 7.05 Å². The molecule has 1 heterocycles. The van der Waals surface area contributed by atoms with Gasteiger partial charge < -0.3 is 5.32 Å². The SMILES string of the molecule is C[n+]1c(/C=C/Nc2ccccc2)n(-c2ccccc2)c2ccc(Cl)cc21. The lowest BCUT2D eigenvalue weighted by molar-refractivity contribution is -0.647. The van der Waals surface area contributed by atoms with Gasteiger partial charge in [0.15, 0.2) is 11.0 Å². The molecule has 0 bridgehead atoms. The molecule has 3 aromatic carbocycles. The van der Waals surface area contributed by atoms with Crippen molar-refractivity contribution in [2.45, 2.75) is 0 Å². The van der Waals surface area contributed by atoms with Gasteiger partial charge in [-0.15, -0.1) is 0 Å². The lowest BCUT2D eigenvalue weighted by atomic mass is 10.2. The van der Waals surface area contributed by atoms with Crippen LogP contribution in [-0.2, 0) is 7.05 Å². The maximum atomic E-state index is 6.23. The number of aryl methyl sites for hydroxylation is 1. The molecule has 4 aromatic rings. The normalized spacial score (nSPS) is 11.3. The van der Waals surface area contributed by atoms with E-state index in [9.17, 15) is 0 Å². The van der Waals surface area contributed by atoms with Crippen LogP contribution in [0.1, 0.15) is 5.82 Å². The van der Waals surface area contributed by atoms with E-state index in [0.717, 1.165) is 33.3 Å². The molecule has 0 amide bonds. The van der Waals surface area contributed by atoms with Gasteiger partial charge in [0.1, 0.15) is 5.69 Å². The van der Waals surface area contributed by atoms with Gasteiger partial charge in [0.25, 0.3) is 5.82 Å². The number of fused-ring (bicyclic) bond motifs is 1. The summed E-state index contributed by atoms with van der Waals surface area (Å²) < 4.78 is 4.38. The number of aromatic nitrogens is 2. The molecule has 0 fully saturated rings. The number of rotatable bonds is 4. The highest BCUT2D eigenvalue weighted by atomic mass is 35.5. The average molecular weight is 361 g/mol. The van der Waals surface area contributed by atoms with Crippen LogP contribution in [0.3, 0.4) is 0 Å². The van der Waals surface area contributed by atoms with Crippen molar-refractivity contribution in [1.82, 2.24) is 4.57 Å². The van der Waals surface area contributed by atoms with Crippen molar-refractivity contribution >= 4 is 34.4 Å². The number of benzene rings is 3. The highest BCUT2D eigenvalue weighted by Crippen LogP contribution is 2.23. The molecule has 0 aliphatic rings. The fraction of sp³-hybridized carbons (Fsp3) is 0.0455. The number of anilines is 1. The van der Waals surface area contributed by atoms with Gasteiger partial charge in [0, 0.05) is 29.1 Å². The Bertz CT molecular complexity index is 1070. The number of hydrogen-bond donors (Lipinski definition) is 1. The Morgan fingerprint density at radius 1 is 0.923 bits per heavy atom. The van der Waals surface area contributed by atoms with E-state index in [2.05, 4.69) is 45.8 Å². The Labute approximate surface area is 157 Å². The van der Waals surface area contributed by atoms with Crippen molar-refractivity contribution in [3.63, 3.8) is 0 Å². The summed E-state index contributed by atoms with van der Waals surface area (Å²) in [5, 5.41) is 4.05. The van der Waals surface area contributed by atoms with Gasteiger partial charge >= 0.3 is 0 Å². The molecule has 26 heavy (non-hydrogen) atoms. The van der Waals surface area contributed by atoms with Gasteiger partial charge in [-0.3, -0.25) is 0 Å².